The lowest BCUT2D eigenvalue weighted by Gasteiger charge is -2.08. The van der Waals surface area contributed by atoms with Crippen LogP contribution in [0.25, 0.3) is 11.3 Å². The molecule has 0 fully saturated rings. The van der Waals surface area contributed by atoms with Crippen LogP contribution in [-0.2, 0) is 4.74 Å². The molecule has 2 aromatic heterocycles. The molecule has 110 valence electrons. The van der Waals surface area contributed by atoms with E-state index in [0.717, 1.165) is 0 Å². The largest absolute Gasteiger partial charge is 0.507 e. The second-order valence-electron chi connectivity index (χ2n) is 4.45. The molecule has 0 saturated heterocycles. The van der Waals surface area contributed by atoms with Crippen LogP contribution in [0.1, 0.15) is 28.7 Å². The molecule has 0 atom stereocenters. The molecule has 6 nitrogen and oxygen atoms in total. The minimum absolute atomic E-state index is 0.0286. The van der Waals surface area contributed by atoms with E-state index >= 15 is 0 Å². The monoisotopic (exact) mass is 289 g/mol. The Balaban J connectivity index is 2.51. The lowest BCUT2D eigenvalue weighted by Crippen LogP contribution is -2.10. The predicted molar refractivity (Wildman–Crippen MR) is 75.3 cm³/mol. The van der Waals surface area contributed by atoms with Crippen molar-refractivity contribution in [2.24, 2.45) is 0 Å². The van der Waals surface area contributed by atoms with E-state index in [9.17, 15) is 14.7 Å². The van der Waals surface area contributed by atoms with Gasteiger partial charge in [-0.3, -0.25) is 4.98 Å². The van der Waals surface area contributed by atoms with E-state index in [1.165, 1.54) is 18.2 Å². The molecule has 2 heterocycles. The minimum atomic E-state index is -0.678. The van der Waals surface area contributed by atoms with Gasteiger partial charge in [0.2, 0.25) is 0 Å². The number of pyridine rings is 1. The summed E-state index contributed by atoms with van der Waals surface area (Å²) >= 11 is 0. The van der Waals surface area contributed by atoms with Crippen LogP contribution in [-0.4, -0.2) is 22.7 Å². The number of ether oxygens (including phenoxy) is 1. The Morgan fingerprint density at radius 2 is 2.10 bits per heavy atom. The first kappa shape index (κ1) is 14.8. The summed E-state index contributed by atoms with van der Waals surface area (Å²) in [5, 5.41) is 9.89. The van der Waals surface area contributed by atoms with Crippen molar-refractivity contribution in [3.05, 3.63) is 45.6 Å². The van der Waals surface area contributed by atoms with E-state index in [2.05, 4.69) is 4.98 Å². The molecule has 1 N–H and O–H groups in total. The van der Waals surface area contributed by atoms with Crippen molar-refractivity contribution in [3.8, 4) is 17.0 Å². The minimum Gasteiger partial charge on any atom is -0.507 e. The number of aromatic nitrogens is 1. The predicted octanol–water partition coefficient (Wildman–Crippen LogP) is 2.20. The quantitative estimate of drug-likeness (QED) is 0.871. The SMILES string of the molecule is CCOC(=O)c1ccc(-c2c(O)cc(C)oc2=O)nc1C. The maximum Gasteiger partial charge on any atom is 0.349 e. The highest BCUT2D eigenvalue weighted by Crippen LogP contribution is 2.25. The molecule has 0 aliphatic heterocycles. The number of aromatic hydroxyl groups is 1. The molecule has 0 radical (unpaired) electrons. The maximum atomic E-state index is 11.8. The van der Waals surface area contributed by atoms with E-state index < -0.39 is 11.6 Å². The van der Waals surface area contributed by atoms with Gasteiger partial charge in [0.15, 0.2) is 0 Å². The molecule has 0 saturated carbocycles. The number of carbonyl (C=O) groups excluding carboxylic acids is 1. The van der Waals surface area contributed by atoms with Gasteiger partial charge >= 0.3 is 11.6 Å². The van der Waals surface area contributed by atoms with Crippen molar-refractivity contribution in [2.75, 3.05) is 6.61 Å². The molecule has 0 amide bonds. The van der Waals surface area contributed by atoms with Crippen molar-refractivity contribution >= 4 is 5.97 Å². The van der Waals surface area contributed by atoms with Gasteiger partial charge < -0.3 is 14.3 Å². The highest BCUT2D eigenvalue weighted by molar-refractivity contribution is 5.91. The van der Waals surface area contributed by atoms with Gasteiger partial charge in [-0.2, -0.15) is 0 Å². The van der Waals surface area contributed by atoms with Crippen LogP contribution in [0.4, 0.5) is 0 Å². The Hall–Kier alpha value is -2.63. The standard InChI is InChI=1S/C15H15NO5/c1-4-20-14(18)10-5-6-11(16-9(10)3)13-12(17)7-8(2)21-15(13)19/h5-7,17H,4H2,1-3H3. The van der Waals surface area contributed by atoms with Gasteiger partial charge in [-0.15, -0.1) is 0 Å². The third kappa shape index (κ3) is 2.94. The fraction of sp³-hybridized carbons (Fsp3) is 0.267. The van der Waals surface area contributed by atoms with Crippen LogP contribution in [0.15, 0.2) is 27.4 Å². The number of hydrogen-bond donors (Lipinski definition) is 1. The van der Waals surface area contributed by atoms with E-state index in [1.54, 1.807) is 20.8 Å². The third-order valence-electron chi connectivity index (χ3n) is 2.89. The van der Waals surface area contributed by atoms with Crippen LogP contribution >= 0.6 is 0 Å². The smallest absolute Gasteiger partial charge is 0.349 e. The average Bonchev–Trinajstić information content (AvgIpc) is 2.37. The van der Waals surface area contributed by atoms with E-state index in [0.29, 0.717) is 17.0 Å². The number of carbonyl (C=O) groups is 1. The van der Waals surface area contributed by atoms with E-state index in [-0.39, 0.29) is 23.6 Å². The Morgan fingerprint density at radius 1 is 1.38 bits per heavy atom. The Kier molecular flexibility index (Phi) is 4.07. The summed E-state index contributed by atoms with van der Waals surface area (Å²) in [5.74, 6) is -0.380. The zero-order valence-electron chi connectivity index (χ0n) is 12.0. The highest BCUT2D eigenvalue weighted by Gasteiger charge is 2.17. The van der Waals surface area contributed by atoms with E-state index in [1.807, 2.05) is 0 Å². The first-order chi connectivity index (χ1) is 9.93. The summed E-state index contributed by atoms with van der Waals surface area (Å²) in [5.41, 5.74) is 0.260. The van der Waals surface area contributed by atoms with Crippen LogP contribution in [0, 0.1) is 13.8 Å². The fourth-order valence-electron chi connectivity index (χ4n) is 1.96. The second-order valence-corrected chi connectivity index (χ2v) is 4.45. The normalized spacial score (nSPS) is 10.4. The lowest BCUT2D eigenvalue weighted by atomic mass is 10.1. The summed E-state index contributed by atoms with van der Waals surface area (Å²) in [7, 11) is 0. The Morgan fingerprint density at radius 3 is 2.67 bits per heavy atom. The van der Waals surface area contributed by atoms with Crippen molar-refractivity contribution in [1.82, 2.24) is 4.98 Å². The van der Waals surface area contributed by atoms with Crippen LogP contribution in [0.2, 0.25) is 0 Å². The summed E-state index contributed by atoms with van der Waals surface area (Å²) < 4.78 is 9.86. The number of hydrogen-bond acceptors (Lipinski definition) is 6. The Bertz CT molecular complexity index is 748. The zero-order valence-corrected chi connectivity index (χ0v) is 12.0. The summed E-state index contributed by atoms with van der Waals surface area (Å²) in [6.45, 7) is 5.17. The zero-order chi connectivity index (χ0) is 15.6. The molecular weight excluding hydrogens is 274 g/mol. The molecule has 2 rings (SSSR count). The maximum absolute atomic E-state index is 11.8. The van der Waals surface area contributed by atoms with E-state index in [4.69, 9.17) is 9.15 Å². The molecule has 6 heteroatoms. The topological polar surface area (TPSA) is 89.6 Å². The van der Waals surface area contributed by atoms with Crippen LogP contribution < -0.4 is 5.63 Å². The van der Waals surface area contributed by atoms with Crippen molar-refractivity contribution in [1.29, 1.82) is 0 Å². The highest BCUT2D eigenvalue weighted by atomic mass is 16.5. The molecule has 2 aromatic rings. The molecule has 0 spiro atoms. The number of aryl methyl sites for hydroxylation is 2. The summed E-state index contributed by atoms with van der Waals surface area (Å²) in [6.07, 6.45) is 0. The van der Waals surface area contributed by atoms with Gasteiger partial charge in [0.25, 0.3) is 0 Å². The Labute approximate surface area is 121 Å². The molecule has 0 aromatic carbocycles. The third-order valence-corrected chi connectivity index (χ3v) is 2.89. The molecule has 0 aliphatic rings. The average molecular weight is 289 g/mol. The lowest BCUT2D eigenvalue weighted by molar-refractivity contribution is 0.0525. The number of esters is 1. The van der Waals surface area contributed by atoms with Gasteiger partial charge in [-0.05, 0) is 32.9 Å². The number of nitrogens with zero attached hydrogens (tertiary/aromatic N) is 1. The van der Waals surface area contributed by atoms with Gasteiger partial charge in [0, 0.05) is 6.07 Å². The summed E-state index contributed by atoms with van der Waals surface area (Å²) in [6, 6.07) is 4.32. The molecule has 0 unspecified atom stereocenters. The van der Waals surface area contributed by atoms with Crippen molar-refractivity contribution in [2.45, 2.75) is 20.8 Å². The van der Waals surface area contributed by atoms with Gasteiger partial charge in [0.05, 0.1) is 23.6 Å². The second kappa shape index (κ2) is 5.78. The molecule has 0 aliphatic carbocycles. The molecular formula is C15H15NO5. The molecule has 21 heavy (non-hydrogen) atoms. The van der Waals surface area contributed by atoms with Crippen molar-refractivity contribution in [3.63, 3.8) is 0 Å². The van der Waals surface area contributed by atoms with Gasteiger partial charge in [-0.1, -0.05) is 0 Å². The van der Waals surface area contributed by atoms with Crippen molar-refractivity contribution < 1.29 is 19.1 Å². The van der Waals surface area contributed by atoms with Gasteiger partial charge in [0.1, 0.15) is 17.1 Å². The fourth-order valence-corrected chi connectivity index (χ4v) is 1.96. The first-order valence-corrected chi connectivity index (χ1v) is 6.43. The molecule has 0 bridgehead atoms. The first-order valence-electron chi connectivity index (χ1n) is 6.43. The summed E-state index contributed by atoms with van der Waals surface area (Å²) in [4.78, 5) is 27.7. The number of rotatable bonds is 3. The van der Waals surface area contributed by atoms with Crippen LogP contribution in [0.5, 0.6) is 5.75 Å². The van der Waals surface area contributed by atoms with Gasteiger partial charge in [-0.25, -0.2) is 9.59 Å². The van der Waals surface area contributed by atoms with Crippen LogP contribution in [0.3, 0.4) is 0 Å².